The number of halogens is 2. The molecule has 13 nitrogen and oxygen atoms in total. The van der Waals surface area contributed by atoms with Gasteiger partial charge in [-0.25, -0.2) is 4.79 Å². The third-order valence-corrected chi connectivity index (χ3v) is 4.92. The first-order chi connectivity index (χ1) is 16.1. The van der Waals surface area contributed by atoms with E-state index in [4.69, 9.17) is 19.7 Å². The van der Waals surface area contributed by atoms with Crippen LogP contribution in [0.2, 0.25) is 0 Å². The van der Waals surface area contributed by atoms with Crippen molar-refractivity contribution in [1.82, 2.24) is 9.55 Å². The number of esters is 1. The number of anilines is 1. The highest BCUT2D eigenvalue weighted by Crippen LogP contribution is 2.41. The van der Waals surface area contributed by atoms with Gasteiger partial charge in [0, 0.05) is 12.6 Å². The first kappa shape index (κ1) is 28.2. The number of carbonyl (C=O) groups is 3. The second-order valence-corrected chi connectivity index (χ2v) is 9.06. The molecule has 1 unspecified atom stereocenters. The molecule has 0 radical (unpaired) electrons. The Labute approximate surface area is 198 Å². The molecule has 1 aliphatic rings. The van der Waals surface area contributed by atoms with Crippen molar-refractivity contribution < 1.29 is 52.4 Å². The lowest BCUT2D eigenvalue weighted by molar-refractivity contribution is -0.873. The molecule has 2 heterocycles. The van der Waals surface area contributed by atoms with Crippen LogP contribution in [-0.2, 0) is 23.9 Å². The van der Waals surface area contributed by atoms with Crippen LogP contribution in [0.4, 0.5) is 14.6 Å². The second-order valence-electron chi connectivity index (χ2n) is 9.06. The fourth-order valence-corrected chi connectivity index (χ4v) is 3.39. The number of carboxylic acid groups (broad SMARTS) is 1. The monoisotopic (exact) mass is 507 g/mol. The lowest BCUT2D eigenvalue weighted by Crippen LogP contribution is -2.43. The number of hydrogen-bond acceptors (Lipinski definition) is 9. The molecule has 4 atom stereocenters. The number of nitrogens with one attached hydrogen (secondary N) is 1. The van der Waals surface area contributed by atoms with Crippen molar-refractivity contribution in [3.63, 3.8) is 0 Å². The molecular formula is C20H29F2N4O9+. The number of nitrogens with zero attached hydrogens (tertiary/aromatic N) is 3. The number of amides is 1. The number of alkyl halides is 2. The lowest BCUT2D eigenvalue weighted by atomic mass is 10.1. The Bertz CT molecular complexity index is 996. The minimum Gasteiger partial charge on any atom is -0.481 e. The molecule has 35 heavy (non-hydrogen) atoms. The lowest BCUT2D eigenvalue weighted by Gasteiger charge is -2.28. The molecule has 0 saturated carbocycles. The SMILES string of the molecule is C[N+](C)(C)CC(CC(=O)O)OC(=O)CCC(=O)Nc1ccn([C@@H]2O[C@H](CO)[C@@H](O)C2(F)F)c(=O)n1. The van der Waals surface area contributed by atoms with Crippen molar-refractivity contribution >= 4 is 23.7 Å². The quantitative estimate of drug-likeness (QED) is 0.213. The van der Waals surface area contributed by atoms with E-state index < -0.39 is 67.0 Å². The van der Waals surface area contributed by atoms with E-state index in [2.05, 4.69) is 10.3 Å². The number of aliphatic hydroxyl groups is 2. The van der Waals surface area contributed by atoms with Gasteiger partial charge < -0.3 is 34.6 Å². The molecule has 0 aromatic carbocycles. The maximum atomic E-state index is 14.2. The smallest absolute Gasteiger partial charge is 0.351 e. The van der Waals surface area contributed by atoms with Gasteiger partial charge in [0.25, 0.3) is 0 Å². The highest BCUT2D eigenvalue weighted by Gasteiger charge is 2.59. The average molecular weight is 507 g/mol. The molecule has 4 N–H and O–H groups in total. The molecule has 1 aromatic heterocycles. The van der Waals surface area contributed by atoms with Crippen LogP contribution in [0, 0.1) is 0 Å². The van der Waals surface area contributed by atoms with E-state index in [-0.39, 0.29) is 25.2 Å². The Kier molecular flexibility index (Phi) is 9.00. The molecule has 1 fully saturated rings. The molecule has 1 amide bonds. The van der Waals surface area contributed by atoms with Crippen LogP contribution in [0.25, 0.3) is 0 Å². The van der Waals surface area contributed by atoms with Gasteiger partial charge in [0.2, 0.25) is 12.1 Å². The summed E-state index contributed by atoms with van der Waals surface area (Å²) in [4.78, 5) is 50.9. The van der Waals surface area contributed by atoms with E-state index in [1.807, 2.05) is 0 Å². The van der Waals surface area contributed by atoms with Crippen LogP contribution in [0.5, 0.6) is 0 Å². The molecule has 0 spiro atoms. The number of ether oxygens (including phenoxy) is 2. The van der Waals surface area contributed by atoms with Crippen LogP contribution >= 0.6 is 0 Å². The van der Waals surface area contributed by atoms with Crippen molar-refractivity contribution in [2.45, 2.75) is 49.7 Å². The summed E-state index contributed by atoms with van der Waals surface area (Å²) < 4.78 is 39.3. The summed E-state index contributed by atoms with van der Waals surface area (Å²) in [6.45, 7) is -0.650. The number of aliphatic carboxylic acids is 1. The first-order valence-electron chi connectivity index (χ1n) is 10.6. The van der Waals surface area contributed by atoms with E-state index in [1.165, 1.54) is 0 Å². The number of hydrogen-bond donors (Lipinski definition) is 4. The highest BCUT2D eigenvalue weighted by atomic mass is 19.3. The number of quaternary nitrogens is 1. The molecule has 1 saturated heterocycles. The molecule has 0 bridgehead atoms. The molecule has 0 aliphatic carbocycles. The summed E-state index contributed by atoms with van der Waals surface area (Å²) >= 11 is 0. The predicted octanol–water partition coefficient (Wildman–Crippen LogP) is -1.06. The van der Waals surface area contributed by atoms with E-state index in [0.29, 0.717) is 9.05 Å². The Balaban J connectivity index is 1.95. The van der Waals surface area contributed by atoms with E-state index in [0.717, 1.165) is 12.3 Å². The maximum Gasteiger partial charge on any atom is 0.351 e. The highest BCUT2D eigenvalue weighted by molar-refractivity contribution is 5.91. The van der Waals surface area contributed by atoms with Crippen molar-refractivity contribution in [1.29, 1.82) is 0 Å². The molecule has 1 aromatic rings. The fourth-order valence-electron chi connectivity index (χ4n) is 3.39. The summed E-state index contributed by atoms with van der Waals surface area (Å²) in [7, 11) is 5.39. The van der Waals surface area contributed by atoms with Crippen LogP contribution in [-0.4, -0.2) is 106 Å². The predicted molar refractivity (Wildman–Crippen MR) is 113 cm³/mol. The van der Waals surface area contributed by atoms with Gasteiger partial charge in [-0.05, 0) is 6.07 Å². The van der Waals surface area contributed by atoms with Crippen molar-refractivity contribution in [2.75, 3.05) is 39.6 Å². The molecule has 196 valence electrons. The largest absolute Gasteiger partial charge is 0.481 e. The third-order valence-electron chi connectivity index (χ3n) is 4.92. The van der Waals surface area contributed by atoms with Crippen LogP contribution in [0.3, 0.4) is 0 Å². The van der Waals surface area contributed by atoms with E-state index >= 15 is 0 Å². The average Bonchev–Trinajstić information content (AvgIpc) is 2.94. The zero-order valence-corrected chi connectivity index (χ0v) is 19.4. The molecular weight excluding hydrogens is 478 g/mol. The zero-order chi connectivity index (χ0) is 26.6. The Morgan fingerprint density at radius 2 is 1.97 bits per heavy atom. The Morgan fingerprint density at radius 3 is 2.49 bits per heavy atom. The van der Waals surface area contributed by atoms with Crippen molar-refractivity contribution in [3.05, 3.63) is 22.7 Å². The number of rotatable bonds is 11. The van der Waals surface area contributed by atoms with Gasteiger partial charge >= 0.3 is 23.6 Å². The summed E-state index contributed by atoms with van der Waals surface area (Å²) in [6, 6.07) is 1.04. The number of carbonyl (C=O) groups excluding carboxylic acids is 2. The third kappa shape index (κ3) is 7.74. The van der Waals surface area contributed by atoms with Crippen LogP contribution < -0.4 is 11.0 Å². The minimum atomic E-state index is -3.88. The van der Waals surface area contributed by atoms with E-state index in [1.54, 1.807) is 21.1 Å². The second kappa shape index (κ2) is 11.2. The normalized spacial score (nSPS) is 22.4. The Morgan fingerprint density at radius 1 is 1.31 bits per heavy atom. The van der Waals surface area contributed by atoms with Crippen molar-refractivity contribution in [2.24, 2.45) is 0 Å². The van der Waals surface area contributed by atoms with Gasteiger partial charge in [-0.1, -0.05) is 0 Å². The zero-order valence-electron chi connectivity index (χ0n) is 19.4. The van der Waals surface area contributed by atoms with Gasteiger partial charge in [-0.3, -0.25) is 19.0 Å². The fraction of sp³-hybridized carbons (Fsp3) is 0.650. The van der Waals surface area contributed by atoms with Crippen molar-refractivity contribution in [3.8, 4) is 0 Å². The van der Waals surface area contributed by atoms with Gasteiger partial charge in [-0.15, -0.1) is 0 Å². The topological polar surface area (TPSA) is 177 Å². The van der Waals surface area contributed by atoms with Gasteiger partial charge in [-0.2, -0.15) is 13.8 Å². The first-order valence-corrected chi connectivity index (χ1v) is 10.6. The van der Waals surface area contributed by atoms with E-state index in [9.17, 15) is 33.1 Å². The van der Waals surface area contributed by atoms with Gasteiger partial charge in [0.05, 0.1) is 40.6 Å². The van der Waals surface area contributed by atoms with Crippen LogP contribution in [0.1, 0.15) is 25.5 Å². The standard InChI is InChI=1S/C20H28F2N4O9/c1-26(2,3)9-11(8-15(29)30)34-16(31)5-4-14(28)23-13-6-7-25(19(33)24-13)18-20(21,22)17(32)12(10-27)35-18/h6-7,11-12,17-18,27,32H,4-5,8-10H2,1-3H3,(H-,23,24,28,29,30,33)/p+1/t11?,12-,17-,18-/m1/s1. The summed E-state index contributed by atoms with van der Waals surface area (Å²) in [6.07, 6.45) is -7.30. The number of aromatic nitrogens is 2. The van der Waals surface area contributed by atoms with Crippen LogP contribution in [0.15, 0.2) is 17.1 Å². The molecule has 2 rings (SSSR count). The number of carboxylic acids is 1. The minimum absolute atomic E-state index is 0.240. The van der Waals surface area contributed by atoms with Gasteiger partial charge in [0.1, 0.15) is 18.5 Å². The Hall–Kier alpha value is -3.01. The molecule has 1 aliphatic heterocycles. The number of likely N-dealkylation sites (N-methyl/N-ethyl adjacent to an activating group) is 1. The summed E-state index contributed by atoms with van der Waals surface area (Å²) in [5.41, 5.74) is -1.21. The maximum absolute atomic E-state index is 14.2. The number of aliphatic hydroxyl groups excluding tert-OH is 2. The summed E-state index contributed by atoms with van der Waals surface area (Å²) in [5.74, 6) is -6.82. The summed E-state index contributed by atoms with van der Waals surface area (Å²) in [5, 5.41) is 29.8. The van der Waals surface area contributed by atoms with Gasteiger partial charge in [0.15, 0.2) is 12.2 Å². The molecule has 15 heteroatoms.